The van der Waals surface area contributed by atoms with Gasteiger partial charge in [-0.2, -0.15) is 30.8 Å². The standard InChI is InChI=1S/C16H9ClF3N3O5S/c17-12-8-10(16(18,19)20)2-5-14(12)28-11-3-4-13(23(24)25)15(9-11)29(26,27)22-7-1-6-21-22/h1-9H. The van der Waals surface area contributed by atoms with Crippen molar-refractivity contribution in [3.05, 3.63) is 75.6 Å². The van der Waals surface area contributed by atoms with Crippen molar-refractivity contribution in [3.8, 4) is 11.5 Å². The van der Waals surface area contributed by atoms with Gasteiger partial charge in [0.15, 0.2) is 4.90 Å². The van der Waals surface area contributed by atoms with Crippen LogP contribution in [0, 0.1) is 10.1 Å². The summed E-state index contributed by atoms with van der Waals surface area (Å²) in [5, 5.41) is 14.4. The Morgan fingerprint density at radius 3 is 2.45 bits per heavy atom. The van der Waals surface area contributed by atoms with Gasteiger partial charge in [-0.05, 0) is 30.3 Å². The van der Waals surface area contributed by atoms with Gasteiger partial charge in [-0.25, -0.2) is 0 Å². The van der Waals surface area contributed by atoms with Gasteiger partial charge in [0.05, 0.1) is 21.7 Å². The van der Waals surface area contributed by atoms with Gasteiger partial charge in [0.1, 0.15) is 11.5 Å². The van der Waals surface area contributed by atoms with Gasteiger partial charge < -0.3 is 4.74 Å². The molecule has 0 unspecified atom stereocenters. The smallest absolute Gasteiger partial charge is 0.416 e. The minimum absolute atomic E-state index is 0.192. The molecular formula is C16H9ClF3N3O5S. The van der Waals surface area contributed by atoms with Crippen LogP contribution in [0.1, 0.15) is 5.56 Å². The monoisotopic (exact) mass is 447 g/mol. The Kier molecular flexibility index (Phi) is 5.24. The molecule has 0 N–H and O–H groups in total. The number of halogens is 4. The first kappa shape index (κ1) is 20.6. The summed E-state index contributed by atoms with van der Waals surface area (Å²) in [4.78, 5) is 9.62. The highest BCUT2D eigenvalue weighted by atomic mass is 35.5. The predicted molar refractivity (Wildman–Crippen MR) is 94.4 cm³/mol. The van der Waals surface area contributed by atoms with Gasteiger partial charge in [-0.1, -0.05) is 11.6 Å². The fourth-order valence-corrected chi connectivity index (χ4v) is 3.80. The summed E-state index contributed by atoms with van der Waals surface area (Å²) in [5.74, 6) is -0.390. The SMILES string of the molecule is O=[N+]([O-])c1ccc(Oc2ccc(C(F)(F)F)cc2Cl)cc1S(=O)(=O)n1cccn1. The van der Waals surface area contributed by atoms with Crippen LogP contribution in [0.4, 0.5) is 18.9 Å². The van der Waals surface area contributed by atoms with E-state index < -0.39 is 37.3 Å². The minimum atomic E-state index is -4.61. The summed E-state index contributed by atoms with van der Waals surface area (Å²) in [6.45, 7) is 0. The van der Waals surface area contributed by atoms with E-state index in [1.54, 1.807) is 0 Å². The van der Waals surface area contributed by atoms with Crippen LogP contribution in [0.15, 0.2) is 59.8 Å². The summed E-state index contributed by atoms with van der Waals surface area (Å²) >= 11 is 5.81. The maximum absolute atomic E-state index is 12.7. The molecule has 0 aliphatic rings. The normalized spacial score (nSPS) is 12.0. The Balaban J connectivity index is 2.04. The van der Waals surface area contributed by atoms with Gasteiger partial charge in [0.2, 0.25) is 0 Å². The molecule has 29 heavy (non-hydrogen) atoms. The molecule has 2 aromatic carbocycles. The molecule has 13 heteroatoms. The molecule has 0 fully saturated rings. The third-order valence-electron chi connectivity index (χ3n) is 3.62. The molecule has 0 atom stereocenters. The molecule has 0 aliphatic heterocycles. The zero-order valence-corrected chi connectivity index (χ0v) is 15.6. The van der Waals surface area contributed by atoms with Gasteiger partial charge in [0, 0.05) is 18.3 Å². The number of rotatable bonds is 5. The van der Waals surface area contributed by atoms with Crippen molar-refractivity contribution in [1.82, 2.24) is 9.19 Å². The van der Waals surface area contributed by atoms with Crippen molar-refractivity contribution < 1.29 is 31.2 Å². The quantitative estimate of drug-likeness (QED) is 0.421. The van der Waals surface area contributed by atoms with E-state index in [1.165, 1.54) is 12.3 Å². The van der Waals surface area contributed by atoms with Gasteiger partial charge in [-0.15, -0.1) is 0 Å². The van der Waals surface area contributed by atoms with Crippen LogP contribution in [-0.2, 0) is 16.2 Å². The van der Waals surface area contributed by atoms with Crippen LogP contribution < -0.4 is 4.74 Å². The molecule has 8 nitrogen and oxygen atoms in total. The lowest BCUT2D eigenvalue weighted by Crippen LogP contribution is -2.15. The topological polar surface area (TPSA) is 104 Å². The Morgan fingerprint density at radius 2 is 1.90 bits per heavy atom. The number of nitro groups is 1. The molecule has 152 valence electrons. The van der Waals surface area contributed by atoms with Crippen molar-refractivity contribution in [2.45, 2.75) is 11.1 Å². The summed E-state index contributed by atoms with van der Waals surface area (Å²) in [6.07, 6.45) is -2.36. The molecule has 1 heterocycles. The van der Waals surface area contributed by atoms with E-state index >= 15 is 0 Å². The van der Waals surface area contributed by atoms with Gasteiger partial charge in [-0.3, -0.25) is 10.1 Å². The van der Waals surface area contributed by atoms with Crippen LogP contribution in [0.3, 0.4) is 0 Å². The summed E-state index contributed by atoms with van der Waals surface area (Å²) in [6, 6.07) is 6.48. The maximum Gasteiger partial charge on any atom is 0.416 e. The van der Waals surface area contributed by atoms with Crippen molar-refractivity contribution in [3.63, 3.8) is 0 Å². The lowest BCUT2D eigenvalue weighted by atomic mass is 10.2. The molecule has 0 saturated carbocycles. The average molecular weight is 448 g/mol. The highest BCUT2D eigenvalue weighted by molar-refractivity contribution is 7.90. The Labute approximate surface area is 166 Å². The zero-order chi connectivity index (χ0) is 21.4. The second kappa shape index (κ2) is 7.37. The van der Waals surface area contributed by atoms with E-state index in [1.807, 2.05) is 0 Å². The highest BCUT2D eigenvalue weighted by Crippen LogP contribution is 2.38. The fraction of sp³-hybridized carbons (Fsp3) is 0.0625. The molecule has 0 bridgehead atoms. The second-order valence-corrected chi connectivity index (χ2v) is 7.69. The van der Waals surface area contributed by atoms with E-state index in [0.29, 0.717) is 10.2 Å². The minimum Gasteiger partial charge on any atom is -0.456 e. The molecule has 3 rings (SSSR count). The van der Waals surface area contributed by atoms with Crippen molar-refractivity contribution in [2.75, 3.05) is 0 Å². The van der Waals surface area contributed by atoms with Crippen LogP contribution in [0.5, 0.6) is 11.5 Å². The van der Waals surface area contributed by atoms with E-state index in [9.17, 15) is 31.7 Å². The number of hydrogen-bond acceptors (Lipinski definition) is 6. The Morgan fingerprint density at radius 1 is 1.17 bits per heavy atom. The molecule has 0 radical (unpaired) electrons. The first-order valence-corrected chi connectivity index (χ1v) is 9.40. The van der Waals surface area contributed by atoms with E-state index in [0.717, 1.165) is 36.5 Å². The summed E-state index contributed by atoms with van der Waals surface area (Å²) < 4.78 is 69.3. The van der Waals surface area contributed by atoms with E-state index in [4.69, 9.17) is 16.3 Å². The largest absolute Gasteiger partial charge is 0.456 e. The van der Waals surface area contributed by atoms with Crippen molar-refractivity contribution in [1.29, 1.82) is 0 Å². The summed E-state index contributed by atoms with van der Waals surface area (Å²) in [7, 11) is -4.42. The van der Waals surface area contributed by atoms with Crippen molar-refractivity contribution >= 4 is 27.3 Å². The third kappa shape index (κ3) is 4.17. The van der Waals surface area contributed by atoms with E-state index in [2.05, 4.69) is 5.10 Å². The van der Waals surface area contributed by atoms with Crippen LogP contribution in [0.2, 0.25) is 5.02 Å². The molecular weight excluding hydrogens is 439 g/mol. The number of hydrogen-bond donors (Lipinski definition) is 0. The number of alkyl halides is 3. The van der Waals surface area contributed by atoms with Crippen LogP contribution >= 0.6 is 11.6 Å². The second-order valence-electron chi connectivity index (χ2n) is 5.52. The number of nitrogens with zero attached hydrogens (tertiary/aromatic N) is 3. The van der Waals surface area contributed by atoms with Gasteiger partial charge >= 0.3 is 6.18 Å². The number of nitro benzene ring substituents is 1. The van der Waals surface area contributed by atoms with Gasteiger partial charge in [0.25, 0.3) is 15.7 Å². The lowest BCUT2D eigenvalue weighted by Gasteiger charge is -2.12. The third-order valence-corrected chi connectivity index (χ3v) is 5.51. The number of ether oxygens (including phenoxy) is 1. The molecule has 0 spiro atoms. The summed E-state index contributed by atoms with van der Waals surface area (Å²) in [5.41, 5.74) is -1.73. The van der Waals surface area contributed by atoms with Crippen LogP contribution in [-0.4, -0.2) is 22.5 Å². The zero-order valence-electron chi connectivity index (χ0n) is 14.0. The molecule has 3 aromatic rings. The number of benzene rings is 2. The first-order chi connectivity index (χ1) is 13.5. The van der Waals surface area contributed by atoms with Crippen LogP contribution in [0.25, 0.3) is 0 Å². The molecule has 1 aromatic heterocycles. The maximum atomic E-state index is 12.7. The Bertz CT molecular complexity index is 1180. The lowest BCUT2D eigenvalue weighted by molar-refractivity contribution is -0.387. The molecule has 0 amide bonds. The fourth-order valence-electron chi connectivity index (χ4n) is 2.30. The van der Waals surface area contributed by atoms with E-state index in [-0.39, 0.29) is 16.5 Å². The predicted octanol–water partition coefficient (Wildman–Crippen LogP) is 4.49. The number of aromatic nitrogens is 2. The Hall–Kier alpha value is -3.12. The average Bonchev–Trinajstić information content (AvgIpc) is 3.18. The first-order valence-electron chi connectivity index (χ1n) is 7.58. The highest BCUT2D eigenvalue weighted by Gasteiger charge is 2.31. The van der Waals surface area contributed by atoms with Crippen molar-refractivity contribution in [2.24, 2.45) is 0 Å². The molecule has 0 saturated heterocycles. The molecule has 0 aliphatic carbocycles.